The van der Waals surface area contributed by atoms with Crippen LogP contribution < -0.4 is 23.8 Å². The molecule has 0 aliphatic carbocycles. The summed E-state index contributed by atoms with van der Waals surface area (Å²) in [5.41, 5.74) is 1.79. The van der Waals surface area contributed by atoms with Crippen molar-refractivity contribution in [1.82, 2.24) is 9.80 Å². The van der Waals surface area contributed by atoms with Crippen molar-refractivity contribution < 1.29 is 28.5 Å². The molecule has 0 radical (unpaired) electrons. The van der Waals surface area contributed by atoms with E-state index in [2.05, 4.69) is 25.7 Å². The Morgan fingerprint density at radius 1 is 0.800 bits per heavy atom. The molecule has 2 aromatic rings. The van der Waals surface area contributed by atoms with Gasteiger partial charge in [-0.05, 0) is 35.2 Å². The zero-order valence-electron chi connectivity index (χ0n) is 24.9. The van der Waals surface area contributed by atoms with Gasteiger partial charge in [-0.2, -0.15) is 0 Å². The molecule has 218 valence electrons. The van der Waals surface area contributed by atoms with Gasteiger partial charge >= 0.3 is 0 Å². The van der Waals surface area contributed by atoms with E-state index >= 15 is 0 Å². The number of hydrogen-bond donors (Lipinski definition) is 0. The first kappa shape index (κ1) is 29.4. The zero-order chi connectivity index (χ0) is 29.0. The van der Waals surface area contributed by atoms with Gasteiger partial charge in [0.05, 0.1) is 40.0 Å². The molecule has 4 rings (SSSR count). The summed E-state index contributed by atoms with van der Waals surface area (Å²) in [7, 11) is 6.41. The quantitative estimate of drug-likeness (QED) is 0.488. The molecule has 2 fully saturated rings. The Hall–Kier alpha value is -3.62. The standard InChI is InChI=1S/C31H43N3O6/c1-31(2,3)18-28(35)34-19-22(21-16-26(38-5)29(40-7)27(17-21)39-6)23(20-34)30(36)33-14-12-32(13-15-33)24-10-8-9-11-25(24)37-4/h8-11,16-17,22-23H,12-15,18-20H2,1-7H3/t22-,23-/m0/s1. The summed E-state index contributed by atoms with van der Waals surface area (Å²) in [5.74, 6) is 1.98. The van der Waals surface area contributed by atoms with Gasteiger partial charge in [0, 0.05) is 51.6 Å². The van der Waals surface area contributed by atoms with Gasteiger partial charge in [-0.15, -0.1) is 0 Å². The molecule has 2 amide bonds. The van der Waals surface area contributed by atoms with E-state index in [9.17, 15) is 9.59 Å². The average Bonchev–Trinajstić information content (AvgIpc) is 3.41. The Bertz CT molecular complexity index is 1180. The van der Waals surface area contributed by atoms with Crippen LogP contribution in [0.2, 0.25) is 0 Å². The number of hydrogen-bond acceptors (Lipinski definition) is 7. The van der Waals surface area contributed by atoms with E-state index < -0.39 is 0 Å². The van der Waals surface area contributed by atoms with Gasteiger partial charge in [-0.1, -0.05) is 32.9 Å². The van der Waals surface area contributed by atoms with E-state index in [1.54, 1.807) is 28.4 Å². The summed E-state index contributed by atoms with van der Waals surface area (Å²) < 4.78 is 22.3. The van der Waals surface area contributed by atoms with Gasteiger partial charge in [0.15, 0.2) is 11.5 Å². The number of likely N-dealkylation sites (tertiary alicyclic amines) is 1. The molecule has 40 heavy (non-hydrogen) atoms. The van der Waals surface area contributed by atoms with Crippen molar-refractivity contribution in [2.45, 2.75) is 33.1 Å². The highest BCUT2D eigenvalue weighted by atomic mass is 16.5. The number of carbonyl (C=O) groups is 2. The largest absolute Gasteiger partial charge is 0.495 e. The lowest BCUT2D eigenvalue weighted by Gasteiger charge is -2.38. The van der Waals surface area contributed by atoms with Crippen molar-refractivity contribution in [2.75, 3.05) is 72.6 Å². The lowest BCUT2D eigenvalue weighted by molar-refractivity contribution is -0.136. The first-order valence-corrected chi connectivity index (χ1v) is 13.8. The van der Waals surface area contributed by atoms with Gasteiger partial charge in [-0.3, -0.25) is 9.59 Å². The van der Waals surface area contributed by atoms with Crippen molar-refractivity contribution in [3.8, 4) is 23.0 Å². The average molecular weight is 554 g/mol. The van der Waals surface area contributed by atoms with E-state index in [0.717, 1.165) is 17.0 Å². The van der Waals surface area contributed by atoms with Crippen molar-refractivity contribution in [3.63, 3.8) is 0 Å². The van der Waals surface area contributed by atoms with E-state index in [-0.39, 0.29) is 29.1 Å². The monoisotopic (exact) mass is 553 g/mol. The highest BCUT2D eigenvalue weighted by Crippen LogP contribution is 2.44. The van der Waals surface area contributed by atoms with Crippen LogP contribution in [-0.2, 0) is 9.59 Å². The van der Waals surface area contributed by atoms with Crippen molar-refractivity contribution >= 4 is 17.5 Å². The molecule has 0 saturated carbocycles. The van der Waals surface area contributed by atoms with Crippen LogP contribution in [0, 0.1) is 11.3 Å². The summed E-state index contributed by atoms with van der Waals surface area (Å²) in [6.45, 7) is 9.65. The van der Waals surface area contributed by atoms with E-state index in [1.807, 2.05) is 46.2 Å². The molecular weight excluding hydrogens is 510 g/mol. The van der Waals surface area contributed by atoms with Crippen molar-refractivity contribution in [3.05, 3.63) is 42.0 Å². The summed E-state index contributed by atoms with van der Waals surface area (Å²) in [5, 5.41) is 0. The Balaban J connectivity index is 1.59. The molecule has 2 saturated heterocycles. The van der Waals surface area contributed by atoms with Crippen LogP contribution >= 0.6 is 0 Å². The van der Waals surface area contributed by atoms with Crippen LogP contribution in [0.25, 0.3) is 0 Å². The fourth-order valence-corrected chi connectivity index (χ4v) is 5.77. The second-order valence-corrected chi connectivity index (χ2v) is 11.7. The van der Waals surface area contributed by atoms with Gasteiger partial charge < -0.3 is 33.6 Å². The molecule has 0 unspecified atom stereocenters. The molecule has 0 N–H and O–H groups in total. The molecule has 0 bridgehead atoms. The van der Waals surface area contributed by atoms with Crippen molar-refractivity contribution in [1.29, 1.82) is 0 Å². The van der Waals surface area contributed by atoms with E-state index in [4.69, 9.17) is 18.9 Å². The maximum absolute atomic E-state index is 14.1. The molecular formula is C31H43N3O6. The maximum Gasteiger partial charge on any atom is 0.228 e. The Morgan fingerprint density at radius 2 is 1.40 bits per heavy atom. The highest BCUT2D eigenvalue weighted by molar-refractivity contribution is 5.84. The van der Waals surface area contributed by atoms with E-state index in [1.165, 1.54) is 0 Å². The third-order valence-corrected chi connectivity index (χ3v) is 7.80. The minimum Gasteiger partial charge on any atom is -0.495 e. The normalized spacial score (nSPS) is 19.4. The Morgan fingerprint density at radius 3 is 1.95 bits per heavy atom. The lowest BCUT2D eigenvalue weighted by Crippen LogP contribution is -2.51. The lowest BCUT2D eigenvalue weighted by atomic mass is 9.87. The predicted octanol–water partition coefficient (Wildman–Crippen LogP) is 4.05. The second kappa shape index (κ2) is 12.3. The first-order valence-electron chi connectivity index (χ1n) is 13.8. The molecule has 2 aliphatic rings. The number of ether oxygens (including phenoxy) is 4. The molecule has 0 spiro atoms. The Labute approximate surface area is 237 Å². The number of carbonyl (C=O) groups excluding carboxylic acids is 2. The van der Waals surface area contributed by atoms with Gasteiger partial charge in [0.1, 0.15) is 5.75 Å². The van der Waals surface area contributed by atoms with Gasteiger partial charge in [0.25, 0.3) is 0 Å². The molecule has 2 atom stereocenters. The Kier molecular flexibility index (Phi) is 9.01. The fraction of sp³-hybridized carbons (Fsp3) is 0.548. The summed E-state index contributed by atoms with van der Waals surface area (Å²) in [6, 6.07) is 11.8. The topological polar surface area (TPSA) is 80.8 Å². The maximum atomic E-state index is 14.1. The summed E-state index contributed by atoms with van der Waals surface area (Å²) in [4.78, 5) is 33.5. The number of para-hydroxylation sites is 2. The van der Waals surface area contributed by atoms with Crippen LogP contribution in [0.15, 0.2) is 36.4 Å². The van der Waals surface area contributed by atoms with Crippen LogP contribution in [0.5, 0.6) is 23.0 Å². The minimum atomic E-state index is -0.371. The molecule has 2 heterocycles. The van der Waals surface area contributed by atoms with Gasteiger partial charge in [-0.25, -0.2) is 0 Å². The fourth-order valence-electron chi connectivity index (χ4n) is 5.77. The van der Waals surface area contributed by atoms with Crippen molar-refractivity contribution in [2.24, 2.45) is 11.3 Å². The third kappa shape index (κ3) is 6.24. The van der Waals surface area contributed by atoms with Crippen LogP contribution in [0.4, 0.5) is 5.69 Å². The zero-order valence-corrected chi connectivity index (χ0v) is 24.9. The molecule has 9 nitrogen and oxygen atoms in total. The third-order valence-electron chi connectivity index (χ3n) is 7.80. The summed E-state index contributed by atoms with van der Waals surface area (Å²) >= 11 is 0. The number of rotatable bonds is 8. The minimum absolute atomic E-state index is 0.0706. The number of nitrogens with zero attached hydrogens (tertiary/aromatic N) is 3. The number of anilines is 1. The number of piperazine rings is 1. The molecule has 0 aromatic heterocycles. The number of methoxy groups -OCH3 is 4. The smallest absolute Gasteiger partial charge is 0.228 e. The van der Waals surface area contributed by atoms with Crippen LogP contribution in [-0.4, -0.2) is 89.3 Å². The van der Waals surface area contributed by atoms with Gasteiger partial charge in [0.2, 0.25) is 17.6 Å². The predicted molar refractivity (Wildman–Crippen MR) is 155 cm³/mol. The van der Waals surface area contributed by atoms with Crippen LogP contribution in [0.3, 0.4) is 0 Å². The highest BCUT2D eigenvalue weighted by Gasteiger charge is 2.43. The first-order chi connectivity index (χ1) is 19.1. The molecule has 9 heteroatoms. The SMILES string of the molecule is COc1ccccc1N1CCN(C(=O)[C@H]2CN(C(=O)CC(C)(C)C)C[C@H]2c2cc(OC)c(OC)c(OC)c2)CC1. The summed E-state index contributed by atoms with van der Waals surface area (Å²) in [6.07, 6.45) is 0.424. The second-order valence-electron chi connectivity index (χ2n) is 11.7. The van der Waals surface area contributed by atoms with E-state index in [0.29, 0.717) is 62.9 Å². The number of amides is 2. The van der Waals surface area contributed by atoms with Crippen LogP contribution in [0.1, 0.15) is 38.7 Å². The number of benzene rings is 2. The molecule has 2 aromatic carbocycles. The molecule has 2 aliphatic heterocycles.